The third-order valence-electron chi connectivity index (χ3n) is 3.01. The number of nitrogens with one attached hydrogen (secondary N) is 2. The van der Waals surface area contributed by atoms with Crippen LogP contribution < -0.4 is 21.1 Å². The Kier molecular flexibility index (Phi) is 7.36. The van der Waals surface area contributed by atoms with Crippen LogP contribution in [0.3, 0.4) is 0 Å². The van der Waals surface area contributed by atoms with Crippen molar-refractivity contribution in [1.82, 2.24) is 10.3 Å². The lowest BCUT2D eigenvalue weighted by molar-refractivity contribution is -0.121. The van der Waals surface area contributed by atoms with Gasteiger partial charge in [-0.2, -0.15) is 4.98 Å². The number of amides is 1. The molecular formula is C15H26N4O2. The largest absolute Gasteiger partial charge is 0.476 e. The van der Waals surface area contributed by atoms with E-state index in [9.17, 15) is 4.79 Å². The summed E-state index contributed by atoms with van der Waals surface area (Å²) in [5, 5.41) is 6.02. The Balaban J connectivity index is 2.43. The molecule has 0 saturated heterocycles. The summed E-state index contributed by atoms with van der Waals surface area (Å²) in [6, 6.07) is 3.74. The summed E-state index contributed by atoms with van der Waals surface area (Å²) in [7, 11) is 0. The molecule has 1 aromatic heterocycles. The van der Waals surface area contributed by atoms with Gasteiger partial charge < -0.3 is 21.1 Å². The topological polar surface area (TPSA) is 89.3 Å². The van der Waals surface area contributed by atoms with Crippen LogP contribution >= 0.6 is 0 Å². The summed E-state index contributed by atoms with van der Waals surface area (Å²) in [6.45, 7) is 7.15. The van der Waals surface area contributed by atoms with Gasteiger partial charge in [0.25, 0.3) is 0 Å². The van der Waals surface area contributed by atoms with Crippen LogP contribution in [0.25, 0.3) is 0 Å². The predicted molar refractivity (Wildman–Crippen MR) is 85.4 cm³/mol. The second-order valence-electron chi connectivity index (χ2n) is 4.99. The fraction of sp³-hybridized carbons (Fsp3) is 0.600. The highest BCUT2D eigenvalue weighted by Gasteiger charge is 2.07. The van der Waals surface area contributed by atoms with Gasteiger partial charge in [0.05, 0.1) is 12.3 Å². The van der Waals surface area contributed by atoms with Gasteiger partial charge in [0.1, 0.15) is 5.82 Å². The van der Waals surface area contributed by atoms with E-state index in [-0.39, 0.29) is 11.9 Å². The molecule has 0 saturated carbocycles. The molecule has 118 valence electrons. The molecule has 1 unspecified atom stereocenters. The third-order valence-corrected chi connectivity index (χ3v) is 3.01. The van der Waals surface area contributed by atoms with Crippen LogP contribution in [0.5, 0.6) is 5.88 Å². The summed E-state index contributed by atoms with van der Waals surface area (Å²) < 4.78 is 5.47. The molecule has 4 N–H and O–H groups in total. The van der Waals surface area contributed by atoms with Crippen molar-refractivity contribution in [2.45, 2.75) is 46.1 Å². The zero-order valence-electron chi connectivity index (χ0n) is 13.1. The zero-order valence-corrected chi connectivity index (χ0v) is 13.1. The van der Waals surface area contributed by atoms with E-state index in [0.29, 0.717) is 37.0 Å². The summed E-state index contributed by atoms with van der Waals surface area (Å²) in [4.78, 5) is 15.9. The number of anilines is 2. The van der Waals surface area contributed by atoms with Crippen LogP contribution in [-0.2, 0) is 4.79 Å². The normalized spacial score (nSPS) is 11.8. The molecule has 0 aliphatic heterocycles. The maximum atomic E-state index is 11.6. The van der Waals surface area contributed by atoms with Crippen molar-refractivity contribution in [3.05, 3.63) is 12.1 Å². The first kappa shape index (κ1) is 17.1. The first-order valence-electron chi connectivity index (χ1n) is 7.49. The van der Waals surface area contributed by atoms with E-state index in [1.165, 1.54) is 0 Å². The zero-order chi connectivity index (χ0) is 15.7. The molecule has 1 amide bonds. The van der Waals surface area contributed by atoms with Crippen molar-refractivity contribution in [1.29, 1.82) is 0 Å². The van der Waals surface area contributed by atoms with Crippen LogP contribution in [0.4, 0.5) is 11.5 Å². The van der Waals surface area contributed by atoms with Crippen molar-refractivity contribution < 1.29 is 9.53 Å². The molecular weight excluding hydrogens is 268 g/mol. The van der Waals surface area contributed by atoms with Crippen molar-refractivity contribution in [3.8, 4) is 5.88 Å². The Labute approximate surface area is 126 Å². The minimum atomic E-state index is 0.0368. The van der Waals surface area contributed by atoms with E-state index in [1.54, 1.807) is 12.1 Å². The van der Waals surface area contributed by atoms with Gasteiger partial charge in [-0.05, 0) is 31.9 Å². The maximum Gasteiger partial charge on any atom is 0.239 e. The number of nitrogens with zero attached hydrogens (tertiary/aromatic N) is 1. The number of rotatable bonds is 9. The average molecular weight is 294 g/mol. The molecule has 1 heterocycles. The Hall–Kier alpha value is -1.98. The Bertz CT molecular complexity index is 451. The summed E-state index contributed by atoms with van der Waals surface area (Å²) in [6.07, 6.45) is 2.23. The number of ether oxygens (including phenoxy) is 1. The summed E-state index contributed by atoms with van der Waals surface area (Å²) in [5.74, 6) is 1.13. The van der Waals surface area contributed by atoms with Gasteiger partial charge in [-0.15, -0.1) is 0 Å². The molecule has 1 aromatic rings. The molecule has 6 heteroatoms. The number of carbonyl (C=O) groups excluding carboxylic acids is 1. The van der Waals surface area contributed by atoms with Crippen molar-refractivity contribution in [2.24, 2.45) is 0 Å². The van der Waals surface area contributed by atoms with Crippen molar-refractivity contribution >= 4 is 17.4 Å². The summed E-state index contributed by atoms with van der Waals surface area (Å²) >= 11 is 0. The van der Waals surface area contributed by atoms with Gasteiger partial charge in [0.15, 0.2) is 0 Å². The molecule has 6 nitrogen and oxygen atoms in total. The van der Waals surface area contributed by atoms with Crippen molar-refractivity contribution in [2.75, 3.05) is 24.2 Å². The Morgan fingerprint density at radius 1 is 1.43 bits per heavy atom. The van der Waals surface area contributed by atoms with Gasteiger partial charge in [-0.3, -0.25) is 4.79 Å². The standard InChI is InChI=1S/C15H26N4O2/c1-4-10-21-15-12(16)6-7-13(19-15)17-9-8-14(20)18-11(3)5-2/h6-7,11H,4-5,8-10,16H2,1-3H3,(H,17,19)(H,18,20). The smallest absolute Gasteiger partial charge is 0.239 e. The van der Waals surface area contributed by atoms with E-state index in [1.807, 2.05) is 20.8 Å². The number of nitrogen functional groups attached to an aromatic ring is 1. The van der Waals surface area contributed by atoms with Crippen LogP contribution in [0.1, 0.15) is 40.0 Å². The fourth-order valence-electron chi connectivity index (χ4n) is 1.62. The van der Waals surface area contributed by atoms with Gasteiger partial charge in [-0.25, -0.2) is 0 Å². The molecule has 0 spiro atoms. The van der Waals surface area contributed by atoms with E-state index < -0.39 is 0 Å². The van der Waals surface area contributed by atoms with E-state index in [2.05, 4.69) is 15.6 Å². The van der Waals surface area contributed by atoms with E-state index in [0.717, 1.165) is 12.8 Å². The monoisotopic (exact) mass is 294 g/mol. The Morgan fingerprint density at radius 3 is 2.86 bits per heavy atom. The molecule has 0 aromatic carbocycles. The van der Waals surface area contributed by atoms with Gasteiger partial charge in [-0.1, -0.05) is 13.8 Å². The van der Waals surface area contributed by atoms with Crippen LogP contribution in [-0.4, -0.2) is 30.1 Å². The molecule has 0 radical (unpaired) electrons. The number of hydrogen-bond acceptors (Lipinski definition) is 5. The fourth-order valence-corrected chi connectivity index (χ4v) is 1.62. The second-order valence-corrected chi connectivity index (χ2v) is 4.99. The average Bonchev–Trinajstić information content (AvgIpc) is 2.47. The molecule has 0 fully saturated rings. The molecule has 21 heavy (non-hydrogen) atoms. The molecule has 1 rings (SSSR count). The SMILES string of the molecule is CCCOc1nc(NCCC(=O)NC(C)CC)ccc1N. The number of nitrogens with two attached hydrogens (primary N) is 1. The van der Waals surface area contributed by atoms with E-state index in [4.69, 9.17) is 10.5 Å². The number of pyridine rings is 1. The highest BCUT2D eigenvalue weighted by Crippen LogP contribution is 2.20. The van der Waals surface area contributed by atoms with Gasteiger partial charge in [0.2, 0.25) is 11.8 Å². The van der Waals surface area contributed by atoms with Crippen LogP contribution in [0.15, 0.2) is 12.1 Å². The molecule has 0 aliphatic carbocycles. The maximum absolute atomic E-state index is 11.6. The molecule has 1 atom stereocenters. The van der Waals surface area contributed by atoms with Crippen LogP contribution in [0, 0.1) is 0 Å². The van der Waals surface area contributed by atoms with Crippen molar-refractivity contribution in [3.63, 3.8) is 0 Å². The predicted octanol–water partition coefficient (Wildman–Crippen LogP) is 2.17. The quantitative estimate of drug-likeness (QED) is 0.649. The minimum Gasteiger partial charge on any atom is -0.476 e. The lowest BCUT2D eigenvalue weighted by Crippen LogP contribution is -2.33. The number of aromatic nitrogens is 1. The Morgan fingerprint density at radius 2 is 2.19 bits per heavy atom. The highest BCUT2D eigenvalue weighted by atomic mass is 16.5. The third kappa shape index (κ3) is 6.33. The van der Waals surface area contributed by atoms with Crippen LogP contribution in [0.2, 0.25) is 0 Å². The lowest BCUT2D eigenvalue weighted by Gasteiger charge is -2.12. The molecule has 0 aliphatic rings. The first-order valence-corrected chi connectivity index (χ1v) is 7.49. The molecule has 0 bridgehead atoms. The summed E-state index contributed by atoms with van der Waals surface area (Å²) in [5.41, 5.74) is 6.31. The highest BCUT2D eigenvalue weighted by molar-refractivity contribution is 5.76. The lowest BCUT2D eigenvalue weighted by atomic mass is 10.2. The van der Waals surface area contributed by atoms with Gasteiger partial charge >= 0.3 is 0 Å². The second kappa shape index (κ2) is 9.05. The first-order chi connectivity index (χ1) is 10.1. The minimum absolute atomic E-state index is 0.0368. The number of carbonyl (C=O) groups is 1. The van der Waals surface area contributed by atoms with E-state index >= 15 is 0 Å². The van der Waals surface area contributed by atoms with Gasteiger partial charge in [0, 0.05) is 19.0 Å². The number of hydrogen-bond donors (Lipinski definition) is 3.